The molecule has 10 nitrogen and oxygen atoms in total. The van der Waals surface area contributed by atoms with Gasteiger partial charge in [-0.3, -0.25) is 28.6 Å². The van der Waals surface area contributed by atoms with Crippen molar-refractivity contribution in [3.05, 3.63) is 65.6 Å². The van der Waals surface area contributed by atoms with Gasteiger partial charge in [-0.15, -0.1) is 0 Å². The second-order valence-electron chi connectivity index (χ2n) is 10.0. The molecule has 0 saturated carbocycles. The molecule has 38 heavy (non-hydrogen) atoms. The number of imidazole rings is 1. The Bertz CT molecular complexity index is 1730. The minimum Gasteiger partial charge on any atom is -0.384 e. The average Bonchev–Trinajstić information content (AvgIpc) is 3.48. The van der Waals surface area contributed by atoms with Gasteiger partial charge in [0, 0.05) is 56.1 Å². The number of aryl methyl sites for hydroxylation is 2. The fraction of sp³-hybridized carbons (Fsp3) is 0.321. The maximum Gasteiger partial charge on any atom is 0.329 e. The molecule has 1 fully saturated rings. The maximum absolute atomic E-state index is 13.5. The van der Waals surface area contributed by atoms with Crippen LogP contribution in [0.5, 0.6) is 0 Å². The molecule has 0 bridgehead atoms. The fourth-order valence-corrected chi connectivity index (χ4v) is 5.46. The van der Waals surface area contributed by atoms with Crippen LogP contribution in [0.2, 0.25) is 0 Å². The number of aromatic nitrogens is 6. The van der Waals surface area contributed by atoms with Gasteiger partial charge in [-0.1, -0.05) is 12.1 Å². The van der Waals surface area contributed by atoms with Crippen molar-refractivity contribution in [2.75, 3.05) is 13.1 Å². The lowest BCUT2D eigenvalue weighted by Crippen LogP contribution is -2.46. The number of rotatable bonds is 4. The molecule has 0 spiro atoms. The summed E-state index contributed by atoms with van der Waals surface area (Å²) < 4.78 is 5.18. The van der Waals surface area contributed by atoms with Crippen molar-refractivity contribution in [2.45, 2.75) is 31.9 Å². The van der Waals surface area contributed by atoms with Crippen LogP contribution >= 0.6 is 0 Å². The van der Waals surface area contributed by atoms with E-state index in [4.69, 9.17) is 0 Å². The van der Waals surface area contributed by atoms with Gasteiger partial charge in [-0.25, -0.2) is 4.79 Å². The number of piperidine rings is 1. The van der Waals surface area contributed by atoms with Crippen molar-refractivity contribution in [2.24, 2.45) is 14.1 Å². The van der Waals surface area contributed by atoms with Crippen molar-refractivity contribution < 1.29 is 9.90 Å². The molecule has 1 aliphatic rings. The lowest BCUT2D eigenvalue weighted by Gasteiger charge is -2.34. The molecule has 1 saturated heterocycles. The molecule has 0 aliphatic carbocycles. The molecule has 194 valence electrons. The number of aliphatic hydroxyl groups excluding tert-OH is 1. The molecule has 1 unspecified atom stereocenters. The van der Waals surface area contributed by atoms with Crippen LogP contribution < -0.4 is 5.69 Å². The number of fused-ring (bicyclic) bond motifs is 3. The fourth-order valence-electron chi connectivity index (χ4n) is 5.46. The first kappa shape index (κ1) is 24.1. The Morgan fingerprint density at radius 1 is 1.05 bits per heavy atom. The number of nitrogens with zero attached hydrogens (tertiary/aromatic N) is 7. The lowest BCUT2D eigenvalue weighted by atomic mass is 10.0. The normalized spacial score (nSPS) is 16.8. The zero-order chi connectivity index (χ0) is 26.6. The van der Waals surface area contributed by atoms with E-state index in [0.717, 1.165) is 57.2 Å². The third kappa shape index (κ3) is 3.97. The number of carbonyl (C=O) groups is 1. The van der Waals surface area contributed by atoms with Gasteiger partial charge in [0.15, 0.2) is 0 Å². The quantitative estimate of drug-likeness (QED) is 0.397. The summed E-state index contributed by atoms with van der Waals surface area (Å²) in [5, 5.41) is 14.9. The molecule has 1 aromatic carbocycles. The molecule has 2 atom stereocenters. The zero-order valence-corrected chi connectivity index (χ0v) is 21.6. The molecule has 1 amide bonds. The van der Waals surface area contributed by atoms with E-state index in [2.05, 4.69) is 21.1 Å². The van der Waals surface area contributed by atoms with Crippen LogP contribution in [-0.4, -0.2) is 64.0 Å². The van der Waals surface area contributed by atoms with Crippen LogP contribution in [0.15, 0.2) is 59.9 Å². The van der Waals surface area contributed by atoms with Crippen LogP contribution in [0, 0.1) is 0 Å². The lowest BCUT2D eigenvalue weighted by molar-refractivity contribution is -0.140. The summed E-state index contributed by atoms with van der Waals surface area (Å²) in [5.74, 6) is -0.306. The first-order valence-electron chi connectivity index (χ1n) is 12.7. The minimum atomic E-state index is -1.07. The highest BCUT2D eigenvalue weighted by Crippen LogP contribution is 2.32. The summed E-state index contributed by atoms with van der Waals surface area (Å²) in [6, 6.07) is 9.84. The van der Waals surface area contributed by atoms with Crippen LogP contribution in [0.25, 0.3) is 44.3 Å². The Hall–Kier alpha value is -4.31. The van der Waals surface area contributed by atoms with Gasteiger partial charge in [-0.05, 0) is 43.5 Å². The number of benzene rings is 1. The summed E-state index contributed by atoms with van der Waals surface area (Å²) in [7, 11) is 3.63. The predicted octanol–water partition coefficient (Wildman–Crippen LogP) is 2.90. The summed E-state index contributed by atoms with van der Waals surface area (Å²) in [5.41, 5.74) is 5.91. The first-order chi connectivity index (χ1) is 18.3. The van der Waals surface area contributed by atoms with Crippen molar-refractivity contribution in [1.29, 1.82) is 0 Å². The van der Waals surface area contributed by atoms with Crippen molar-refractivity contribution >= 4 is 27.8 Å². The molecule has 0 radical (unpaired) electrons. The van der Waals surface area contributed by atoms with E-state index in [1.165, 1.54) is 6.92 Å². The summed E-state index contributed by atoms with van der Waals surface area (Å²) in [6.45, 7) is 2.44. The number of carbonyl (C=O) groups excluding carboxylic acids is 1. The molecular formula is C28H29N7O3. The maximum atomic E-state index is 13.5. The third-order valence-electron chi connectivity index (χ3n) is 7.44. The van der Waals surface area contributed by atoms with E-state index in [9.17, 15) is 14.7 Å². The van der Waals surface area contributed by atoms with E-state index in [-0.39, 0.29) is 17.6 Å². The molecule has 1 N–H and O–H groups in total. The second kappa shape index (κ2) is 9.21. The van der Waals surface area contributed by atoms with Crippen LogP contribution in [0.3, 0.4) is 0 Å². The molecule has 6 rings (SSSR count). The van der Waals surface area contributed by atoms with E-state index in [1.54, 1.807) is 33.6 Å². The smallest absolute Gasteiger partial charge is 0.329 e. The van der Waals surface area contributed by atoms with Crippen molar-refractivity contribution in [1.82, 2.24) is 33.8 Å². The Balaban J connectivity index is 1.45. The predicted molar refractivity (Wildman–Crippen MR) is 144 cm³/mol. The van der Waals surface area contributed by atoms with Gasteiger partial charge in [-0.2, -0.15) is 5.10 Å². The van der Waals surface area contributed by atoms with Crippen LogP contribution in [-0.2, 0) is 18.9 Å². The van der Waals surface area contributed by atoms with Crippen LogP contribution in [0.4, 0.5) is 0 Å². The highest BCUT2D eigenvalue weighted by Gasteiger charge is 2.30. The number of pyridine rings is 2. The monoisotopic (exact) mass is 511 g/mol. The van der Waals surface area contributed by atoms with E-state index in [1.807, 2.05) is 48.3 Å². The Labute approximate surface area is 218 Å². The average molecular weight is 512 g/mol. The number of amides is 1. The summed E-state index contributed by atoms with van der Waals surface area (Å²) >= 11 is 0. The zero-order valence-electron chi connectivity index (χ0n) is 21.6. The second-order valence-corrected chi connectivity index (χ2v) is 10.0. The highest BCUT2D eigenvalue weighted by molar-refractivity contribution is 6.04. The minimum absolute atomic E-state index is 0.140. The molecule has 1 aliphatic heterocycles. The largest absolute Gasteiger partial charge is 0.384 e. The number of aliphatic hydroxyl groups is 1. The van der Waals surface area contributed by atoms with E-state index >= 15 is 0 Å². The molecular weight excluding hydrogens is 482 g/mol. The van der Waals surface area contributed by atoms with Crippen LogP contribution in [0.1, 0.15) is 25.8 Å². The Morgan fingerprint density at radius 3 is 2.58 bits per heavy atom. The van der Waals surface area contributed by atoms with Gasteiger partial charge in [0.25, 0.3) is 5.91 Å². The van der Waals surface area contributed by atoms with E-state index < -0.39 is 6.10 Å². The van der Waals surface area contributed by atoms with Crippen molar-refractivity contribution in [3.63, 3.8) is 0 Å². The SMILES string of the molecule is C[C@H](O)C(=O)N1CCCC(n2c(=O)n(C)c3cnc4ccc(-c5ccc(-c6cnn(C)c6)nc5)cc4c32)C1. The number of likely N-dealkylation sites (tertiary alicyclic amines) is 1. The molecule has 4 aromatic heterocycles. The Morgan fingerprint density at radius 2 is 1.87 bits per heavy atom. The molecule has 10 heteroatoms. The van der Waals surface area contributed by atoms with Gasteiger partial charge in [0.05, 0.1) is 40.7 Å². The summed E-state index contributed by atoms with van der Waals surface area (Å²) in [6.07, 6.45) is 7.76. The number of hydrogen-bond acceptors (Lipinski definition) is 6. The number of hydrogen-bond donors (Lipinski definition) is 1. The van der Waals surface area contributed by atoms with Gasteiger partial charge >= 0.3 is 5.69 Å². The van der Waals surface area contributed by atoms with Gasteiger partial charge < -0.3 is 10.0 Å². The molecule has 5 aromatic rings. The first-order valence-corrected chi connectivity index (χ1v) is 12.7. The van der Waals surface area contributed by atoms with Gasteiger partial charge in [0.2, 0.25) is 0 Å². The van der Waals surface area contributed by atoms with Crippen molar-refractivity contribution in [3.8, 4) is 22.4 Å². The molecule has 5 heterocycles. The standard InChI is InChI=1S/C28H29N7O3/c1-17(36)27(37)34-10-4-5-21(16-34)35-26-22-11-18(6-9-24(22)30-14-25(26)33(3)28(35)38)19-7-8-23(29-12-19)20-13-31-32(2)15-20/h6-9,11-15,17,21,36H,4-5,10,16H2,1-3H3/t17-,21?/m0/s1. The van der Waals surface area contributed by atoms with E-state index in [0.29, 0.717) is 13.1 Å². The van der Waals surface area contributed by atoms with Gasteiger partial charge in [0.1, 0.15) is 6.10 Å². The third-order valence-corrected chi connectivity index (χ3v) is 7.44. The summed E-state index contributed by atoms with van der Waals surface area (Å²) in [4.78, 5) is 37.0. The Kier molecular flexibility index (Phi) is 5.83. The topological polar surface area (TPSA) is 111 Å². The highest BCUT2D eigenvalue weighted by atomic mass is 16.3.